The molecule has 0 bridgehead atoms. The Balaban J connectivity index is 1.35. The molecule has 2 aliphatic heterocycles. The number of amides is 6. The lowest BCUT2D eigenvalue weighted by molar-refractivity contribution is -0.135. The van der Waals surface area contributed by atoms with Crippen LogP contribution in [0.5, 0.6) is 0 Å². The van der Waals surface area contributed by atoms with Crippen LogP contribution in [0.25, 0.3) is 0 Å². The van der Waals surface area contributed by atoms with Crippen LogP contribution < -0.4 is 43.0 Å². The SMILES string of the molecule is CC(C)C[C@@H](NC(=O)[C@@H](Cc1ccccc1)NC(=O)[C@H](N)Cc1ccccc1)C(=O)N[C@H](CCCCN)C(=O)C1C(=O)N(C(=O)NC2CCNCC2)c2ccccc21. The van der Waals surface area contributed by atoms with Crippen LogP contribution in [0.4, 0.5) is 10.5 Å². The molecule has 9 N–H and O–H groups in total. The van der Waals surface area contributed by atoms with E-state index >= 15 is 0 Å². The molecule has 0 spiro atoms. The maximum absolute atomic E-state index is 14.5. The van der Waals surface area contributed by atoms with Crippen molar-refractivity contribution >= 4 is 41.1 Å². The van der Waals surface area contributed by atoms with E-state index in [9.17, 15) is 28.8 Å². The Bertz CT molecular complexity index is 1870. The first-order valence-corrected chi connectivity index (χ1v) is 20.4. The number of hydrogen-bond acceptors (Lipinski definition) is 9. The fraction of sp³-hybridized carbons (Fsp3) is 0.455. The molecule has 2 heterocycles. The Morgan fingerprint density at radius 1 is 0.741 bits per heavy atom. The van der Waals surface area contributed by atoms with Gasteiger partial charge in [0.15, 0.2) is 5.78 Å². The molecule has 3 aromatic carbocycles. The van der Waals surface area contributed by atoms with E-state index in [0.717, 1.165) is 29.1 Å². The summed E-state index contributed by atoms with van der Waals surface area (Å²) in [6.07, 6.45) is 3.27. The standard InChI is InChI=1S/C44H58N8O6/c1-28(2)25-35(51-42(56)36(27-30-15-7-4-8-16-30)50-40(54)33(46)26-29-13-5-3-6-14-29)41(55)49-34(18-11-12-22-45)39(53)38-32-17-9-10-19-37(32)52(43(38)57)44(58)48-31-20-23-47-24-21-31/h3-10,13-17,19,28,31,33-36,38,47H,11-12,18,20-27,45-46H2,1-2H3,(H,48,58)(H,49,55)(H,50,54)(H,51,56)/t33-,34-,35-,36-,38?/m1/s1. The molecule has 3 aromatic rings. The molecule has 310 valence electrons. The Morgan fingerprint density at radius 2 is 1.31 bits per heavy atom. The van der Waals surface area contributed by atoms with E-state index in [4.69, 9.17) is 11.5 Å². The number of Topliss-reactive ketones (excluding diaryl/α,β-unsaturated/α-hetero) is 1. The second-order valence-corrected chi connectivity index (χ2v) is 15.6. The summed E-state index contributed by atoms with van der Waals surface area (Å²) in [5, 5.41) is 14.8. The van der Waals surface area contributed by atoms with Crippen molar-refractivity contribution < 1.29 is 28.8 Å². The maximum atomic E-state index is 14.5. The van der Waals surface area contributed by atoms with Gasteiger partial charge in [0.25, 0.3) is 0 Å². The van der Waals surface area contributed by atoms with E-state index in [2.05, 4.69) is 26.6 Å². The van der Waals surface area contributed by atoms with Crippen LogP contribution >= 0.6 is 0 Å². The van der Waals surface area contributed by atoms with Crippen molar-refractivity contribution in [3.05, 3.63) is 102 Å². The van der Waals surface area contributed by atoms with Crippen LogP contribution in [0.3, 0.4) is 0 Å². The van der Waals surface area contributed by atoms with Gasteiger partial charge in [-0.25, -0.2) is 9.69 Å². The third kappa shape index (κ3) is 11.8. The number of hydrogen-bond donors (Lipinski definition) is 7. The zero-order chi connectivity index (χ0) is 41.6. The number of rotatable bonds is 19. The van der Waals surface area contributed by atoms with E-state index in [1.807, 2.05) is 74.5 Å². The number of imide groups is 1. The number of nitrogens with one attached hydrogen (secondary N) is 5. The fourth-order valence-corrected chi connectivity index (χ4v) is 7.53. The van der Waals surface area contributed by atoms with Crippen molar-refractivity contribution in [2.24, 2.45) is 17.4 Å². The van der Waals surface area contributed by atoms with E-state index in [0.29, 0.717) is 43.5 Å². The van der Waals surface area contributed by atoms with Gasteiger partial charge in [-0.2, -0.15) is 0 Å². The third-order valence-electron chi connectivity index (χ3n) is 10.6. The summed E-state index contributed by atoms with van der Waals surface area (Å²) in [6, 6.07) is 20.3. The molecule has 1 unspecified atom stereocenters. The van der Waals surface area contributed by atoms with Crippen LogP contribution in [0.2, 0.25) is 0 Å². The molecule has 2 aliphatic rings. The molecule has 0 radical (unpaired) electrons. The average Bonchev–Trinajstić information content (AvgIpc) is 3.52. The number of ketones is 1. The van der Waals surface area contributed by atoms with Gasteiger partial charge in [-0.15, -0.1) is 0 Å². The summed E-state index contributed by atoms with van der Waals surface area (Å²) in [5.74, 6) is -4.36. The van der Waals surface area contributed by atoms with Crippen molar-refractivity contribution in [3.8, 4) is 0 Å². The molecule has 1 saturated heterocycles. The van der Waals surface area contributed by atoms with Gasteiger partial charge in [0.05, 0.1) is 17.8 Å². The molecule has 14 heteroatoms. The number of nitrogens with two attached hydrogens (primary N) is 2. The number of urea groups is 1. The maximum Gasteiger partial charge on any atom is 0.329 e. The largest absolute Gasteiger partial charge is 0.344 e. The quantitative estimate of drug-likeness (QED) is 0.0700. The van der Waals surface area contributed by atoms with Crippen LogP contribution in [-0.4, -0.2) is 85.3 Å². The zero-order valence-electron chi connectivity index (χ0n) is 33.5. The second-order valence-electron chi connectivity index (χ2n) is 15.6. The van der Waals surface area contributed by atoms with Crippen LogP contribution in [0.15, 0.2) is 84.9 Å². The third-order valence-corrected chi connectivity index (χ3v) is 10.6. The number of carbonyl (C=O) groups is 6. The smallest absolute Gasteiger partial charge is 0.329 e. The van der Waals surface area contributed by atoms with Crippen molar-refractivity contribution in [2.45, 2.75) is 101 Å². The van der Waals surface area contributed by atoms with E-state index < -0.39 is 65.5 Å². The van der Waals surface area contributed by atoms with Crippen LogP contribution in [0.1, 0.15) is 75.0 Å². The lowest BCUT2D eigenvalue weighted by Gasteiger charge is -2.28. The minimum Gasteiger partial charge on any atom is -0.344 e. The Morgan fingerprint density at radius 3 is 1.95 bits per heavy atom. The molecule has 14 nitrogen and oxygen atoms in total. The van der Waals surface area contributed by atoms with Gasteiger partial charge >= 0.3 is 6.03 Å². The first kappa shape index (κ1) is 43.7. The molecule has 0 aromatic heterocycles. The summed E-state index contributed by atoms with van der Waals surface area (Å²) in [4.78, 5) is 85.0. The summed E-state index contributed by atoms with van der Waals surface area (Å²) >= 11 is 0. The minimum absolute atomic E-state index is 0.0563. The Kier molecular flexibility index (Phi) is 16.1. The Labute approximate surface area is 340 Å². The fourth-order valence-electron chi connectivity index (χ4n) is 7.53. The monoisotopic (exact) mass is 794 g/mol. The lowest BCUT2D eigenvalue weighted by Crippen LogP contribution is -2.58. The summed E-state index contributed by atoms with van der Waals surface area (Å²) in [6.45, 7) is 5.65. The van der Waals surface area contributed by atoms with Crippen molar-refractivity contribution in [1.82, 2.24) is 26.6 Å². The molecule has 6 amide bonds. The Hall–Kier alpha value is -5.44. The molecule has 0 aliphatic carbocycles. The van der Waals surface area contributed by atoms with Crippen LogP contribution in [0, 0.1) is 5.92 Å². The first-order valence-electron chi connectivity index (χ1n) is 20.4. The summed E-state index contributed by atoms with van der Waals surface area (Å²) < 4.78 is 0. The average molecular weight is 795 g/mol. The minimum atomic E-state index is -1.33. The van der Waals surface area contributed by atoms with Gasteiger partial charge in [0.1, 0.15) is 18.0 Å². The topological polar surface area (TPSA) is 218 Å². The van der Waals surface area contributed by atoms with E-state index in [-0.39, 0.29) is 37.6 Å². The number of unbranched alkanes of at least 4 members (excludes halogenated alkanes) is 1. The van der Waals surface area contributed by atoms with Crippen molar-refractivity contribution in [2.75, 3.05) is 24.5 Å². The number of piperidine rings is 1. The van der Waals surface area contributed by atoms with Gasteiger partial charge in [-0.05, 0) is 93.3 Å². The van der Waals surface area contributed by atoms with Gasteiger partial charge in [-0.3, -0.25) is 24.0 Å². The number of para-hydroxylation sites is 1. The number of nitrogens with zero attached hydrogens (tertiary/aromatic N) is 1. The van der Waals surface area contributed by atoms with Crippen molar-refractivity contribution in [1.29, 1.82) is 0 Å². The predicted octanol–water partition coefficient (Wildman–Crippen LogP) is 2.59. The zero-order valence-corrected chi connectivity index (χ0v) is 33.5. The highest BCUT2D eigenvalue weighted by molar-refractivity contribution is 6.28. The lowest BCUT2D eigenvalue weighted by atomic mass is 9.89. The molecule has 0 saturated carbocycles. The van der Waals surface area contributed by atoms with E-state index in [1.54, 1.807) is 24.3 Å². The van der Waals surface area contributed by atoms with Gasteiger partial charge in [0.2, 0.25) is 23.6 Å². The summed E-state index contributed by atoms with van der Waals surface area (Å²) in [7, 11) is 0. The molecular weight excluding hydrogens is 737 g/mol. The van der Waals surface area contributed by atoms with Gasteiger partial charge in [0, 0.05) is 12.5 Å². The second kappa shape index (κ2) is 21.4. The molecule has 5 atom stereocenters. The highest BCUT2D eigenvalue weighted by atomic mass is 16.2. The first-order chi connectivity index (χ1) is 28.0. The predicted molar refractivity (Wildman–Crippen MR) is 223 cm³/mol. The molecular formula is C44H58N8O6. The number of anilines is 1. The highest BCUT2D eigenvalue weighted by Gasteiger charge is 2.47. The molecule has 1 fully saturated rings. The molecule has 58 heavy (non-hydrogen) atoms. The highest BCUT2D eigenvalue weighted by Crippen LogP contribution is 2.39. The normalized spacial score (nSPS) is 17.4. The van der Waals surface area contributed by atoms with Gasteiger partial charge in [-0.1, -0.05) is 92.7 Å². The van der Waals surface area contributed by atoms with Crippen LogP contribution in [-0.2, 0) is 36.8 Å². The van der Waals surface area contributed by atoms with Gasteiger partial charge < -0.3 is 38.1 Å². The number of benzene rings is 3. The van der Waals surface area contributed by atoms with E-state index in [1.165, 1.54) is 0 Å². The number of carbonyl (C=O) groups excluding carboxylic acids is 6. The van der Waals surface area contributed by atoms with Crippen molar-refractivity contribution in [3.63, 3.8) is 0 Å². The summed E-state index contributed by atoms with van der Waals surface area (Å²) in [5.41, 5.74) is 14.5. The molecule has 5 rings (SSSR count). The number of fused-ring (bicyclic) bond motifs is 1.